The van der Waals surface area contributed by atoms with Gasteiger partial charge in [-0.15, -0.1) is 22.7 Å². The summed E-state index contributed by atoms with van der Waals surface area (Å²) in [5, 5.41) is 13.4. The maximum absolute atomic E-state index is 11.3. The maximum Gasteiger partial charge on any atom is 0.312 e. The van der Waals surface area contributed by atoms with Gasteiger partial charge in [0.05, 0.1) is 10.0 Å². The lowest BCUT2D eigenvalue weighted by Crippen LogP contribution is -2.17. The zero-order valence-corrected chi connectivity index (χ0v) is 13.7. The first-order valence-corrected chi connectivity index (χ1v) is 8.85. The van der Waals surface area contributed by atoms with E-state index in [1.807, 2.05) is 12.1 Å². The van der Waals surface area contributed by atoms with Crippen molar-refractivity contribution in [2.24, 2.45) is 0 Å². The Bertz CT molecular complexity index is 653. The third-order valence-corrected chi connectivity index (χ3v) is 5.91. The van der Waals surface area contributed by atoms with Gasteiger partial charge in [-0.05, 0) is 37.8 Å². The summed E-state index contributed by atoms with van der Waals surface area (Å²) >= 11 is 9.08. The molecule has 0 fully saturated rings. The van der Waals surface area contributed by atoms with Crippen LogP contribution in [0.15, 0.2) is 12.1 Å². The van der Waals surface area contributed by atoms with Crippen LogP contribution in [0.25, 0.3) is 0 Å². The lowest BCUT2D eigenvalue weighted by atomic mass is 9.91. The molecule has 0 spiro atoms. The topological polar surface area (TPSA) is 62.2 Å². The zero-order valence-electron chi connectivity index (χ0n) is 11.3. The van der Waals surface area contributed by atoms with E-state index in [2.05, 4.69) is 10.3 Å². The van der Waals surface area contributed by atoms with Crippen LogP contribution >= 0.6 is 34.3 Å². The highest BCUT2D eigenvalue weighted by Gasteiger charge is 2.29. The molecule has 2 N–H and O–H groups in total. The number of aryl methyl sites for hydroxylation is 1. The van der Waals surface area contributed by atoms with Crippen molar-refractivity contribution in [3.63, 3.8) is 0 Å². The molecule has 0 aliphatic heterocycles. The monoisotopic (exact) mass is 342 g/mol. The lowest BCUT2D eigenvalue weighted by molar-refractivity contribution is -0.139. The number of carboxylic acid groups (broad SMARTS) is 1. The van der Waals surface area contributed by atoms with Crippen LogP contribution < -0.4 is 5.32 Å². The fraction of sp³-hybridized carbons (Fsp3) is 0.429. The van der Waals surface area contributed by atoms with Crippen molar-refractivity contribution in [3.05, 3.63) is 31.9 Å². The Labute approximate surface area is 135 Å². The molecule has 21 heavy (non-hydrogen) atoms. The van der Waals surface area contributed by atoms with Crippen LogP contribution in [0.2, 0.25) is 4.34 Å². The molecular weight excluding hydrogens is 328 g/mol. The smallest absolute Gasteiger partial charge is 0.312 e. The molecule has 0 amide bonds. The van der Waals surface area contributed by atoms with Gasteiger partial charge in [0.1, 0.15) is 5.92 Å². The van der Waals surface area contributed by atoms with E-state index in [0.717, 1.165) is 45.8 Å². The van der Waals surface area contributed by atoms with E-state index in [-0.39, 0.29) is 0 Å². The van der Waals surface area contributed by atoms with Gasteiger partial charge in [-0.2, -0.15) is 0 Å². The number of nitrogens with one attached hydrogen (secondary N) is 1. The number of hydrogen-bond donors (Lipinski definition) is 2. The van der Waals surface area contributed by atoms with E-state index in [0.29, 0.717) is 6.42 Å². The summed E-state index contributed by atoms with van der Waals surface area (Å²) in [5.41, 5.74) is 0.764. The Hall–Kier alpha value is -1.11. The predicted molar refractivity (Wildman–Crippen MR) is 87.0 cm³/mol. The molecule has 0 saturated heterocycles. The van der Waals surface area contributed by atoms with Gasteiger partial charge >= 0.3 is 5.97 Å². The second kappa shape index (κ2) is 6.34. The molecule has 0 aromatic carbocycles. The van der Waals surface area contributed by atoms with Gasteiger partial charge < -0.3 is 10.4 Å². The van der Waals surface area contributed by atoms with E-state index in [9.17, 15) is 9.90 Å². The number of carbonyl (C=O) groups is 1. The highest BCUT2D eigenvalue weighted by atomic mass is 35.5. The number of thiazole rings is 1. The molecule has 1 aliphatic rings. The van der Waals surface area contributed by atoms with E-state index >= 15 is 0 Å². The number of fused-ring (bicyclic) bond motifs is 1. The normalized spacial score (nSPS) is 17.5. The SMILES string of the molecule is O=C(O)C1CCCc2sc(NCCc3ccc(Cl)s3)nc21. The van der Waals surface area contributed by atoms with Gasteiger partial charge in [-0.3, -0.25) is 4.79 Å². The van der Waals surface area contributed by atoms with Crippen LogP contribution in [-0.2, 0) is 17.6 Å². The first-order valence-electron chi connectivity index (χ1n) is 6.84. The first kappa shape index (κ1) is 14.8. The van der Waals surface area contributed by atoms with Crippen molar-refractivity contribution < 1.29 is 9.90 Å². The molecule has 0 radical (unpaired) electrons. The number of carboxylic acids is 1. The van der Waals surface area contributed by atoms with Gasteiger partial charge in [0.25, 0.3) is 0 Å². The van der Waals surface area contributed by atoms with Crippen LogP contribution in [0.4, 0.5) is 5.13 Å². The highest BCUT2D eigenvalue weighted by Crippen LogP contribution is 2.36. The van der Waals surface area contributed by atoms with Crippen molar-refractivity contribution in [3.8, 4) is 0 Å². The summed E-state index contributed by atoms with van der Waals surface area (Å²) in [4.78, 5) is 18.1. The minimum atomic E-state index is -0.763. The van der Waals surface area contributed by atoms with Gasteiger partial charge in [0.2, 0.25) is 0 Å². The van der Waals surface area contributed by atoms with Crippen molar-refractivity contribution in [1.29, 1.82) is 0 Å². The molecule has 2 aromatic heterocycles. The average molecular weight is 343 g/mol. The molecule has 1 atom stereocenters. The Morgan fingerprint density at radius 3 is 3.05 bits per heavy atom. The fourth-order valence-corrected chi connectivity index (χ4v) is 4.69. The molecule has 0 bridgehead atoms. The number of anilines is 1. The van der Waals surface area contributed by atoms with Crippen molar-refractivity contribution >= 4 is 45.4 Å². The average Bonchev–Trinajstić information content (AvgIpc) is 3.04. The van der Waals surface area contributed by atoms with E-state index < -0.39 is 11.9 Å². The molecule has 1 aliphatic carbocycles. The molecule has 1 unspecified atom stereocenters. The Balaban J connectivity index is 1.63. The molecule has 7 heteroatoms. The number of nitrogens with zero attached hydrogens (tertiary/aromatic N) is 1. The van der Waals surface area contributed by atoms with E-state index in [1.165, 1.54) is 4.88 Å². The molecule has 3 rings (SSSR count). The van der Waals surface area contributed by atoms with Gasteiger partial charge in [0.15, 0.2) is 5.13 Å². The second-order valence-corrected chi connectivity index (χ2v) is 7.88. The van der Waals surface area contributed by atoms with E-state index in [4.69, 9.17) is 11.6 Å². The quantitative estimate of drug-likeness (QED) is 0.861. The van der Waals surface area contributed by atoms with Crippen LogP contribution in [0, 0.1) is 0 Å². The minimum absolute atomic E-state index is 0.434. The Morgan fingerprint density at radius 1 is 1.48 bits per heavy atom. The minimum Gasteiger partial charge on any atom is -0.481 e. The molecule has 2 heterocycles. The molecule has 4 nitrogen and oxygen atoms in total. The van der Waals surface area contributed by atoms with Crippen LogP contribution in [0.1, 0.15) is 34.2 Å². The molecular formula is C14H15ClN2O2S2. The summed E-state index contributed by atoms with van der Waals surface area (Å²) in [6.07, 6.45) is 3.46. The van der Waals surface area contributed by atoms with Crippen LogP contribution in [0.5, 0.6) is 0 Å². The first-order chi connectivity index (χ1) is 10.1. The largest absolute Gasteiger partial charge is 0.481 e. The van der Waals surface area contributed by atoms with Crippen molar-refractivity contribution in [1.82, 2.24) is 4.98 Å². The number of thiophene rings is 1. The Morgan fingerprint density at radius 2 is 2.33 bits per heavy atom. The Kier molecular flexibility index (Phi) is 4.47. The molecule has 112 valence electrons. The van der Waals surface area contributed by atoms with Gasteiger partial charge in [-0.25, -0.2) is 4.98 Å². The lowest BCUT2D eigenvalue weighted by Gasteiger charge is -2.16. The predicted octanol–water partition coefficient (Wildman–Crippen LogP) is 4.02. The second-order valence-electron chi connectivity index (χ2n) is 4.99. The van der Waals surface area contributed by atoms with E-state index in [1.54, 1.807) is 22.7 Å². The van der Waals surface area contributed by atoms with Gasteiger partial charge in [-0.1, -0.05) is 11.6 Å². The standard InChI is InChI=1S/C14H15ClN2O2S2/c15-11-5-4-8(20-11)6-7-16-14-17-12-9(13(18)19)2-1-3-10(12)21-14/h4-5,9H,1-3,6-7H2,(H,16,17)(H,18,19). The van der Waals surface area contributed by atoms with Crippen LogP contribution in [-0.4, -0.2) is 22.6 Å². The number of rotatable bonds is 5. The van der Waals surface area contributed by atoms with Crippen molar-refractivity contribution in [2.45, 2.75) is 31.6 Å². The molecule has 0 saturated carbocycles. The highest BCUT2D eigenvalue weighted by molar-refractivity contribution is 7.16. The zero-order chi connectivity index (χ0) is 14.8. The third-order valence-electron chi connectivity index (χ3n) is 3.53. The summed E-state index contributed by atoms with van der Waals surface area (Å²) < 4.78 is 0.805. The summed E-state index contributed by atoms with van der Waals surface area (Å²) in [5.74, 6) is -1.20. The van der Waals surface area contributed by atoms with Crippen molar-refractivity contribution in [2.75, 3.05) is 11.9 Å². The summed E-state index contributed by atoms with van der Waals surface area (Å²) in [7, 11) is 0. The number of halogens is 1. The van der Waals surface area contributed by atoms with Crippen LogP contribution in [0.3, 0.4) is 0 Å². The molecule has 2 aromatic rings. The fourth-order valence-electron chi connectivity index (χ4n) is 2.51. The number of aliphatic carboxylic acids is 1. The number of aromatic nitrogens is 1. The summed E-state index contributed by atoms with van der Waals surface area (Å²) in [6.45, 7) is 0.779. The third kappa shape index (κ3) is 3.39. The number of hydrogen-bond acceptors (Lipinski definition) is 5. The van der Waals surface area contributed by atoms with Gasteiger partial charge in [0, 0.05) is 16.3 Å². The summed E-state index contributed by atoms with van der Waals surface area (Å²) in [6, 6.07) is 3.93. The maximum atomic E-state index is 11.3.